The number of halogens is 5. The average molecular weight is 496 g/mol. The molecule has 1 fully saturated rings. The molecule has 0 aromatic carbocycles. The molecule has 2 aromatic heterocycles. The van der Waals surface area contributed by atoms with Crippen LogP contribution in [0.25, 0.3) is 5.57 Å². The third kappa shape index (κ3) is 6.31. The number of hydrogen-bond acceptors (Lipinski definition) is 6. The number of likely N-dealkylation sites (tertiary alicyclic amines) is 1. The van der Waals surface area contributed by atoms with Crippen molar-refractivity contribution in [1.82, 2.24) is 14.9 Å². The van der Waals surface area contributed by atoms with Crippen molar-refractivity contribution in [2.75, 3.05) is 25.5 Å². The lowest BCUT2D eigenvalue weighted by Gasteiger charge is -2.43. The molecule has 3 heterocycles. The topological polar surface area (TPSA) is 96.5 Å². The number of amides is 1. The van der Waals surface area contributed by atoms with Crippen molar-refractivity contribution in [2.24, 2.45) is 16.6 Å². The third-order valence-electron chi connectivity index (χ3n) is 5.64. The molecule has 35 heavy (non-hydrogen) atoms. The second-order valence-corrected chi connectivity index (χ2v) is 8.28. The van der Waals surface area contributed by atoms with Crippen LogP contribution in [0, 0.1) is 5.92 Å². The largest absolute Gasteiger partial charge is 0.417 e. The third-order valence-corrected chi connectivity index (χ3v) is 5.64. The zero-order chi connectivity index (χ0) is 25.8. The second-order valence-electron chi connectivity index (χ2n) is 8.28. The fourth-order valence-electron chi connectivity index (χ4n) is 3.95. The van der Waals surface area contributed by atoms with E-state index >= 15 is 0 Å². The van der Waals surface area contributed by atoms with E-state index < -0.39 is 48.5 Å². The van der Waals surface area contributed by atoms with E-state index in [-0.39, 0.29) is 23.6 Å². The number of nitrogens with zero attached hydrogens (tertiary/aromatic N) is 4. The summed E-state index contributed by atoms with van der Waals surface area (Å²) in [5.41, 5.74) is 5.48. The van der Waals surface area contributed by atoms with Crippen LogP contribution in [0.1, 0.15) is 24.6 Å². The zero-order valence-corrected chi connectivity index (χ0v) is 19.1. The van der Waals surface area contributed by atoms with E-state index in [1.807, 2.05) is 0 Å². The summed E-state index contributed by atoms with van der Waals surface area (Å²) >= 11 is 0. The van der Waals surface area contributed by atoms with E-state index in [2.05, 4.69) is 20.3 Å². The number of aromatic nitrogens is 2. The predicted molar refractivity (Wildman–Crippen MR) is 122 cm³/mol. The molecular formula is C23H25F5N6O. The maximum Gasteiger partial charge on any atom is 0.417 e. The summed E-state index contributed by atoms with van der Waals surface area (Å²) in [5, 5.41) is 2.85. The fraction of sp³-hybridized carbons (Fsp3) is 0.391. The highest BCUT2D eigenvalue weighted by Crippen LogP contribution is 2.35. The van der Waals surface area contributed by atoms with Gasteiger partial charge in [-0.2, -0.15) is 13.2 Å². The molecule has 1 aliphatic rings. The summed E-state index contributed by atoms with van der Waals surface area (Å²) in [5.74, 6) is -4.48. The van der Waals surface area contributed by atoms with Crippen molar-refractivity contribution in [3.63, 3.8) is 0 Å². The fourth-order valence-corrected chi connectivity index (χ4v) is 3.95. The number of carbonyl (C=O) groups excluding carboxylic acids is 1. The molecule has 2 atom stereocenters. The lowest BCUT2D eigenvalue weighted by molar-refractivity contribution is -0.148. The van der Waals surface area contributed by atoms with Crippen LogP contribution in [0.5, 0.6) is 0 Å². The molecule has 12 heteroatoms. The van der Waals surface area contributed by atoms with E-state index in [0.717, 1.165) is 17.0 Å². The maximum absolute atomic E-state index is 14.5. The molecule has 0 spiro atoms. The van der Waals surface area contributed by atoms with Crippen LogP contribution >= 0.6 is 0 Å². The van der Waals surface area contributed by atoms with Crippen LogP contribution in [-0.4, -0.2) is 59.1 Å². The number of nitrogens with two attached hydrogens (primary N) is 1. The summed E-state index contributed by atoms with van der Waals surface area (Å²) in [4.78, 5) is 26.1. The van der Waals surface area contributed by atoms with Crippen molar-refractivity contribution >= 4 is 23.5 Å². The van der Waals surface area contributed by atoms with Crippen LogP contribution < -0.4 is 11.1 Å². The van der Waals surface area contributed by atoms with Gasteiger partial charge in [0.15, 0.2) is 0 Å². The predicted octanol–water partition coefficient (Wildman–Crippen LogP) is 3.85. The lowest BCUT2D eigenvalue weighted by Crippen LogP contribution is -2.58. The first kappa shape index (κ1) is 26.0. The molecule has 1 saturated heterocycles. The summed E-state index contributed by atoms with van der Waals surface area (Å²) in [6.45, 7) is 0.699. The highest BCUT2D eigenvalue weighted by Gasteiger charge is 2.46. The standard InChI is InChI=1S/C23H25F5N6O/c1-14-9-22(24,25)13-34(18(14)12-33-19-7-6-15(10-32-19)23(26,27)28)21(35)20(29)16(11-30-2)17-5-3-4-8-31-17/h3-8,10-11,14,18H,9,12-13,29H2,1-2H3,(H,32,33). The molecule has 7 nitrogen and oxygen atoms in total. The Bertz CT molecular complexity index is 1090. The maximum atomic E-state index is 14.5. The molecule has 3 N–H and O–H groups in total. The van der Waals surface area contributed by atoms with E-state index in [1.54, 1.807) is 25.1 Å². The number of hydrogen-bond donors (Lipinski definition) is 2. The number of aliphatic imine (C=N–C) groups is 1. The van der Waals surface area contributed by atoms with E-state index in [4.69, 9.17) is 5.73 Å². The minimum absolute atomic E-state index is 0.0184. The Hall–Kier alpha value is -3.57. The van der Waals surface area contributed by atoms with Gasteiger partial charge in [-0.1, -0.05) is 13.0 Å². The number of nitrogens with one attached hydrogen (secondary N) is 1. The van der Waals surface area contributed by atoms with E-state index in [0.29, 0.717) is 11.9 Å². The molecule has 0 bridgehead atoms. The van der Waals surface area contributed by atoms with Gasteiger partial charge >= 0.3 is 6.18 Å². The van der Waals surface area contributed by atoms with Crippen LogP contribution in [-0.2, 0) is 11.0 Å². The van der Waals surface area contributed by atoms with Crippen LogP contribution in [0.4, 0.5) is 27.8 Å². The van der Waals surface area contributed by atoms with Gasteiger partial charge in [0.05, 0.1) is 23.8 Å². The van der Waals surface area contributed by atoms with Crippen molar-refractivity contribution in [3.8, 4) is 0 Å². The molecular weight excluding hydrogens is 471 g/mol. The smallest absolute Gasteiger partial charge is 0.394 e. The Morgan fingerprint density at radius 1 is 1.29 bits per heavy atom. The number of rotatable bonds is 6. The number of allylic oxidation sites excluding steroid dienone is 1. The molecule has 1 aliphatic heterocycles. The molecule has 2 aromatic rings. The Morgan fingerprint density at radius 2 is 2.03 bits per heavy atom. The van der Waals surface area contributed by atoms with Gasteiger partial charge in [-0.05, 0) is 30.2 Å². The highest BCUT2D eigenvalue weighted by molar-refractivity contribution is 6.17. The van der Waals surface area contributed by atoms with Crippen molar-refractivity contribution in [1.29, 1.82) is 0 Å². The first-order valence-electron chi connectivity index (χ1n) is 10.7. The highest BCUT2D eigenvalue weighted by atomic mass is 19.4. The summed E-state index contributed by atoms with van der Waals surface area (Å²) in [6, 6.07) is 6.24. The Balaban J connectivity index is 1.88. The molecule has 1 amide bonds. The van der Waals surface area contributed by atoms with Gasteiger partial charge in [-0.25, -0.2) is 13.8 Å². The van der Waals surface area contributed by atoms with Crippen molar-refractivity contribution < 1.29 is 26.7 Å². The average Bonchev–Trinajstić information content (AvgIpc) is 2.80. The Kier molecular flexibility index (Phi) is 7.71. The van der Waals surface area contributed by atoms with Gasteiger partial charge in [0.1, 0.15) is 11.5 Å². The van der Waals surface area contributed by atoms with Gasteiger partial charge in [-0.3, -0.25) is 14.8 Å². The Morgan fingerprint density at radius 3 is 2.60 bits per heavy atom. The van der Waals surface area contributed by atoms with Gasteiger partial charge in [0, 0.05) is 44.2 Å². The first-order chi connectivity index (χ1) is 16.4. The number of pyridine rings is 2. The monoisotopic (exact) mass is 496 g/mol. The molecule has 3 rings (SSSR count). The van der Waals surface area contributed by atoms with Gasteiger partial charge in [0.25, 0.3) is 11.8 Å². The molecule has 188 valence electrons. The molecule has 2 unspecified atom stereocenters. The van der Waals surface area contributed by atoms with E-state index in [1.165, 1.54) is 19.5 Å². The van der Waals surface area contributed by atoms with Gasteiger partial charge in [0.2, 0.25) is 0 Å². The number of carbonyl (C=O) groups is 1. The number of piperidine rings is 1. The second kappa shape index (κ2) is 10.4. The molecule has 0 aliphatic carbocycles. The van der Waals surface area contributed by atoms with E-state index in [9.17, 15) is 26.7 Å². The summed E-state index contributed by atoms with van der Waals surface area (Å²) < 4.78 is 67.2. The summed E-state index contributed by atoms with van der Waals surface area (Å²) in [6.07, 6.45) is -1.49. The van der Waals surface area contributed by atoms with Crippen molar-refractivity contribution in [2.45, 2.75) is 31.5 Å². The SMILES string of the molecule is CN=CC(=C(N)C(=O)N1CC(F)(F)CC(C)C1CNc1ccc(C(F)(F)F)cn1)c1ccccn1. The van der Waals surface area contributed by atoms with Crippen LogP contribution in [0.3, 0.4) is 0 Å². The van der Waals surface area contributed by atoms with Crippen LogP contribution in [0.2, 0.25) is 0 Å². The number of anilines is 1. The van der Waals surface area contributed by atoms with Gasteiger partial charge in [-0.15, -0.1) is 0 Å². The zero-order valence-electron chi connectivity index (χ0n) is 19.1. The quantitative estimate of drug-likeness (QED) is 0.360. The van der Waals surface area contributed by atoms with Crippen molar-refractivity contribution in [3.05, 3.63) is 59.7 Å². The number of alkyl halides is 5. The normalized spacial score (nSPS) is 21.1. The molecule has 0 radical (unpaired) electrons. The minimum Gasteiger partial charge on any atom is -0.394 e. The van der Waals surface area contributed by atoms with Crippen LogP contribution in [0.15, 0.2) is 53.4 Å². The summed E-state index contributed by atoms with van der Waals surface area (Å²) in [7, 11) is 1.47. The minimum atomic E-state index is -4.53. The lowest BCUT2D eigenvalue weighted by atomic mass is 9.88. The first-order valence-corrected chi connectivity index (χ1v) is 10.7. The molecule has 0 saturated carbocycles. The Labute approximate surface area is 199 Å². The van der Waals surface area contributed by atoms with Gasteiger partial charge < -0.3 is 16.0 Å².